The maximum Gasteiger partial charge on any atom is 0.331 e. The van der Waals surface area contributed by atoms with Gasteiger partial charge in [0.05, 0.1) is 28.8 Å². The number of ether oxygens (including phenoxy) is 3. The summed E-state index contributed by atoms with van der Waals surface area (Å²) in [7, 11) is 0. The third kappa shape index (κ3) is 3.78. The summed E-state index contributed by atoms with van der Waals surface area (Å²) in [6.07, 6.45) is 0.689. The highest BCUT2D eigenvalue weighted by Gasteiger charge is 2.71. The smallest absolute Gasteiger partial charge is 0.331 e. The highest BCUT2D eigenvalue weighted by Crippen LogP contribution is 2.70. The monoisotopic (exact) mass is 550 g/mol. The Hall–Kier alpha value is -1.40. The van der Waals surface area contributed by atoms with Gasteiger partial charge in [0.25, 0.3) is 0 Å². The Morgan fingerprint density at radius 2 is 1.72 bits per heavy atom. The fraction of sp³-hybridized carbons (Fsp3) is 0.862. The number of aldehydes is 1. The number of rotatable bonds is 4. The van der Waals surface area contributed by atoms with Gasteiger partial charge >= 0.3 is 5.97 Å². The van der Waals surface area contributed by atoms with Gasteiger partial charge in [0.2, 0.25) is 0 Å². The van der Waals surface area contributed by atoms with Gasteiger partial charge < -0.3 is 44.5 Å². The van der Waals surface area contributed by atoms with Gasteiger partial charge in [-0.25, -0.2) is 4.79 Å². The normalized spacial score (nSPS) is 55.2. The van der Waals surface area contributed by atoms with Crippen molar-refractivity contribution >= 4 is 12.3 Å². The van der Waals surface area contributed by atoms with Gasteiger partial charge in [-0.05, 0) is 81.6 Å². The molecule has 6 rings (SSSR count). The Kier molecular flexibility index (Phi) is 6.62. The molecule has 0 aromatic carbocycles. The van der Waals surface area contributed by atoms with E-state index in [9.17, 15) is 35.1 Å². The van der Waals surface area contributed by atoms with Crippen LogP contribution in [0.1, 0.15) is 71.6 Å². The minimum absolute atomic E-state index is 0.0465. The van der Waals surface area contributed by atoms with Crippen LogP contribution in [0.3, 0.4) is 0 Å². The molecule has 39 heavy (non-hydrogen) atoms. The highest BCUT2D eigenvalue weighted by atomic mass is 16.7. The van der Waals surface area contributed by atoms with Gasteiger partial charge in [0, 0.05) is 17.9 Å². The molecule has 5 fully saturated rings. The molecule has 4 aliphatic carbocycles. The molecule has 0 bridgehead atoms. The minimum Gasteiger partial charge on any atom is -0.458 e. The number of carbonyl (C=O) groups excluding carboxylic acids is 2. The fourth-order valence-electron chi connectivity index (χ4n) is 9.75. The molecule has 13 atom stereocenters. The average molecular weight is 551 g/mol. The van der Waals surface area contributed by atoms with E-state index in [1.807, 2.05) is 0 Å². The van der Waals surface area contributed by atoms with E-state index in [1.54, 1.807) is 13.0 Å². The lowest BCUT2D eigenvalue weighted by Crippen LogP contribution is -2.69. The summed E-state index contributed by atoms with van der Waals surface area (Å²) in [6, 6.07) is 0. The molecule has 0 radical (unpaired) electrons. The van der Waals surface area contributed by atoms with Crippen LogP contribution in [-0.2, 0) is 23.8 Å². The molecule has 10 nitrogen and oxygen atoms in total. The Balaban J connectivity index is 1.22. The summed E-state index contributed by atoms with van der Waals surface area (Å²) >= 11 is 0. The lowest BCUT2D eigenvalue weighted by molar-refractivity contribution is -0.317. The van der Waals surface area contributed by atoms with E-state index in [1.165, 1.54) is 0 Å². The van der Waals surface area contributed by atoms with Crippen molar-refractivity contribution in [3.63, 3.8) is 0 Å². The van der Waals surface area contributed by atoms with Crippen molar-refractivity contribution in [3.8, 4) is 0 Å². The zero-order valence-corrected chi connectivity index (χ0v) is 22.7. The predicted octanol–water partition coefficient (Wildman–Crippen LogP) is 0.750. The van der Waals surface area contributed by atoms with E-state index in [2.05, 4.69) is 6.92 Å². The topological polar surface area (TPSA) is 163 Å². The summed E-state index contributed by atoms with van der Waals surface area (Å²) in [6.45, 7) is 3.98. The molecule has 2 heterocycles. The number of aliphatic hydroxyl groups is 5. The summed E-state index contributed by atoms with van der Waals surface area (Å²) in [4.78, 5) is 24.8. The summed E-state index contributed by atoms with van der Waals surface area (Å²) in [5.74, 6) is -0.616. The SMILES string of the molecule is C[C@@H]1O[C@@H](O[C@H]2CC[C@]3(C=O)C4CC[C@]5(C)[C@@H](C6=CC(=O)OC6)CC[C@]5(O)[C@@H]4CC[C@]3(O)C2)[C@H](O)[C@H](O)[C@H]1O. The quantitative estimate of drug-likeness (QED) is 0.192. The van der Waals surface area contributed by atoms with E-state index in [-0.39, 0.29) is 36.8 Å². The van der Waals surface area contributed by atoms with E-state index in [0.29, 0.717) is 44.9 Å². The van der Waals surface area contributed by atoms with E-state index >= 15 is 0 Å². The highest BCUT2D eigenvalue weighted by molar-refractivity contribution is 5.85. The van der Waals surface area contributed by atoms with E-state index < -0.39 is 58.8 Å². The van der Waals surface area contributed by atoms with E-state index in [0.717, 1.165) is 18.3 Å². The summed E-state index contributed by atoms with van der Waals surface area (Å²) in [5, 5.41) is 55.0. The average Bonchev–Trinajstić information content (AvgIpc) is 3.45. The summed E-state index contributed by atoms with van der Waals surface area (Å²) < 4.78 is 16.9. The van der Waals surface area contributed by atoms with Gasteiger partial charge in [-0.2, -0.15) is 0 Å². The van der Waals surface area contributed by atoms with Crippen LogP contribution in [-0.4, -0.2) is 92.4 Å². The molecule has 10 heteroatoms. The lowest BCUT2D eigenvalue weighted by atomic mass is 9.41. The van der Waals surface area contributed by atoms with Crippen LogP contribution < -0.4 is 0 Å². The van der Waals surface area contributed by atoms with Gasteiger partial charge in [-0.3, -0.25) is 0 Å². The van der Waals surface area contributed by atoms with Crippen LogP contribution in [0.2, 0.25) is 0 Å². The van der Waals surface area contributed by atoms with Crippen LogP contribution in [0.4, 0.5) is 0 Å². The van der Waals surface area contributed by atoms with Crippen molar-refractivity contribution in [2.45, 2.75) is 120 Å². The first-order chi connectivity index (χ1) is 18.4. The van der Waals surface area contributed by atoms with Crippen LogP contribution in [0.5, 0.6) is 0 Å². The van der Waals surface area contributed by atoms with Crippen molar-refractivity contribution in [1.82, 2.24) is 0 Å². The molecule has 1 unspecified atom stereocenters. The van der Waals surface area contributed by atoms with Crippen molar-refractivity contribution in [3.05, 3.63) is 11.6 Å². The molecule has 6 aliphatic rings. The van der Waals surface area contributed by atoms with Gasteiger partial charge in [0.1, 0.15) is 31.2 Å². The number of aliphatic hydroxyl groups excluding tert-OH is 3. The van der Waals surface area contributed by atoms with Crippen molar-refractivity contribution in [2.24, 2.45) is 28.6 Å². The van der Waals surface area contributed by atoms with Gasteiger partial charge in [-0.1, -0.05) is 6.92 Å². The molecule has 0 amide bonds. The second-order valence-electron chi connectivity index (χ2n) is 13.4. The molecule has 0 aromatic rings. The molecule has 0 spiro atoms. The Morgan fingerprint density at radius 3 is 2.41 bits per heavy atom. The lowest BCUT2D eigenvalue weighted by Gasteiger charge is -2.65. The third-order valence-electron chi connectivity index (χ3n) is 12.0. The second-order valence-corrected chi connectivity index (χ2v) is 13.4. The maximum atomic E-state index is 13.0. The molecule has 2 aliphatic heterocycles. The maximum absolute atomic E-state index is 13.0. The van der Waals surface area contributed by atoms with Gasteiger partial charge in [-0.15, -0.1) is 0 Å². The number of cyclic esters (lactones) is 1. The first-order valence-electron chi connectivity index (χ1n) is 14.5. The zero-order chi connectivity index (χ0) is 28.0. The first kappa shape index (κ1) is 27.8. The number of carbonyl (C=O) groups is 2. The number of hydrogen-bond acceptors (Lipinski definition) is 10. The Bertz CT molecular complexity index is 1050. The minimum atomic E-state index is -1.43. The predicted molar refractivity (Wildman–Crippen MR) is 135 cm³/mol. The third-order valence-corrected chi connectivity index (χ3v) is 12.0. The second kappa shape index (κ2) is 9.31. The largest absolute Gasteiger partial charge is 0.458 e. The number of hydrogen-bond donors (Lipinski definition) is 5. The Morgan fingerprint density at radius 1 is 0.974 bits per heavy atom. The van der Waals surface area contributed by atoms with Crippen LogP contribution >= 0.6 is 0 Å². The van der Waals surface area contributed by atoms with Crippen molar-refractivity contribution < 1.29 is 49.3 Å². The van der Waals surface area contributed by atoms with Crippen molar-refractivity contribution in [1.29, 1.82) is 0 Å². The van der Waals surface area contributed by atoms with E-state index in [4.69, 9.17) is 14.2 Å². The molecule has 0 aromatic heterocycles. The molecule has 4 saturated carbocycles. The summed E-state index contributed by atoms with van der Waals surface area (Å²) in [5.41, 5.74) is -2.86. The van der Waals surface area contributed by atoms with Crippen LogP contribution in [0.15, 0.2) is 11.6 Å². The number of esters is 1. The molecule has 5 N–H and O–H groups in total. The zero-order valence-electron chi connectivity index (χ0n) is 22.7. The number of fused-ring (bicyclic) bond motifs is 5. The standard InChI is InChI=1S/C29H42O10/c1-15-22(32)23(33)24(34)25(38-15)39-17-3-8-27(14-30)19-4-7-26(2)18(16-11-21(31)37-13-16)6-10-29(26,36)20(19)5-9-28(27,35)12-17/h11,14-15,17-20,22-25,32-36H,3-10,12-13H2,1-2H3/t15-,17-,18+,19?,20+,22-,23+,24+,25-,26+,27-,28-,29-/m0/s1. The van der Waals surface area contributed by atoms with Crippen LogP contribution in [0, 0.1) is 28.6 Å². The Labute approximate surface area is 228 Å². The molecular weight excluding hydrogens is 508 g/mol. The molecule has 1 saturated heterocycles. The first-order valence-corrected chi connectivity index (χ1v) is 14.5. The molecule has 218 valence electrons. The fourth-order valence-corrected chi connectivity index (χ4v) is 9.75. The van der Waals surface area contributed by atoms with Gasteiger partial charge in [0.15, 0.2) is 6.29 Å². The van der Waals surface area contributed by atoms with Crippen LogP contribution in [0.25, 0.3) is 0 Å². The molecular formula is C29H42O10. The van der Waals surface area contributed by atoms with Crippen molar-refractivity contribution in [2.75, 3.05) is 6.61 Å².